The second-order valence-electron chi connectivity index (χ2n) is 6.30. The number of nitrogens with zero attached hydrogens (tertiary/aromatic N) is 2. The molecule has 16 heavy (non-hydrogen) atoms. The molecule has 1 rings (SSSR count). The van der Waals surface area contributed by atoms with Crippen molar-refractivity contribution in [2.45, 2.75) is 26.7 Å². The first-order valence-corrected chi connectivity index (χ1v) is 7.04. The second kappa shape index (κ2) is 6.27. The quantitative estimate of drug-likeness (QED) is 0.741. The molecule has 0 aliphatic carbocycles. The molecule has 0 radical (unpaired) electrons. The summed E-state index contributed by atoms with van der Waals surface area (Å²) in [6, 6.07) is 0. The molecule has 0 amide bonds. The molecular formula is C13H28N2S. The molecule has 2 nitrogen and oxygen atoms in total. The molecule has 0 aromatic rings. The maximum absolute atomic E-state index is 4.43. The highest BCUT2D eigenvalue weighted by molar-refractivity contribution is 7.80. The minimum atomic E-state index is 0.359. The van der Waals surface area contributed by atoms with Gasteiger partial charge in [0, 0.05) is 13.1 Å². The Labute approximate surface area is 107 Å². The summed E-state index contributed by atoms with van der Waals surface area (Å²) in [4.78, 5) is 4.93. The van der Waals surface area contributed by atoms with E-state index in [0.717, 1.165) is 11.7 Å². The van der Waals surface area contributed by atoms with Crippen molar-refractivity contribution < 1.29 is 0 Å². The molecule has 1 heterocycles. The molecule has 1 aliphatic rings. The van der Waals surface area contributed by atoms with Gasteiger partial charge >= 0.3 is 0 Å². The summed E-state index contributed by atoms with van der Waals surface area (Å²) in [6.45, 7) is 9.62. The van der Waals surface area contributed by atoms with Gasteiger partial charge < -0.3 is 9.80 Å². The summed E-state index contributed by atoms with van der Waals surface area (Å²) >= 11 is 4.43. The topological polar surface area (TPSA) is 6.48 Å². The van der Waals surface area contributed by atoms with Crippen LogP contribution in [0.2, 0.25) is 0 Å². The van der Waals surface area contributed by atoms with Crippen molar-refractivity contribution >= 4 is 12.6 Å². The molecule has 0 aromatic heterocycles. The zero-order valence-electron chi connectivity index (χ0n) is 11.4. The molecular weight excluding hydrogens is 216 g/mol. The van der Waals surface area contributed by atoms with Gasteiger partial charge in [0.15, 0.2) is 0 Å². The average molecular weight is 244 g/mol. The zero-order valence-corrected chi connectivity index (χ0v) is 12.3. The summed E-state index contributed by atoms with van der Waals surface area (Å²) in [5.41, 5.74) is 0.359. The van der Waals surface area contributed by atoms with Gasteiger partial charge in [-0.1, -0.05) is 13.8 Å². The molecule has 0 aromatic carbocycles. The fourth-order valence-corrected chi connectivity index (χ4v) is 2.60. The predicted octanol–water partition coefficient (Wildman–Crippen LogP) is 2.22. The van der Waals surface area contributed by atoms with E-state index >= 15 is 0 Å². The van der Waals surface area contributed by atoms with Crippen LogP contribution in [0.25, 0.3) is 0 Å². The Bertz CT molecular complexity index is 196. The highest BCUT2D eigenvalue weighted by Gasteiger charge is 2.24. The minimum Gasteiger partial charge on any atom is -0.309 e. The Morgan fingerprint density at radius 1 is 1.25 bits per heavy atom. The first kappa shape index (κ1) is 14.3. The van der Waals surface area contributed by atoms with E-state index in [1.807, 2.05) is 0 Å². The lowest BCUT2D eigenvalue weighted by Gasteiger charge is -2.37. The van der Waals surface area contributed by atoms with Gasteiger partial charge in [-0.25, -0.2) is 0 Å². The van der Waals surface area contributed by atoms with E-state index in [4.69, 9.17) is 0 Å². The molecule has 0 atom stereocenters. The molecule has 0 unspecified atom stereocenters. The van der Waals surface area contributed by atoms with Crippen LogP contribution in [0.3, 0.4) is 0 Å². The second-order valence-corrected chi connectivity index (χ2v) is 6.62. The molecule has 96 valence electrons. The third-order valence-electron chi connectivity index (χ3n) is 3.41. The number of piperidine rings is 1. The summed E-state index contributed by atoms with van der Waals surface area (Å²) in [7, 11) is 4.35. The van der Waals surface area contributed by atoms with E-state index in [1.165, 1.54) is 39.0 Å². The van der Waals surface area contributed by atoms with Gasteiger partial charge in [0.1, 0.15) is 0 Å². The van der Waals surface area contributed by atoms with Crippen molar-refractivity contribution in [1.82, 2.24) is 9.80 Å². The van der Waals surface area contributed by atoms with Crippen LogP contribution < -0.4 is 0 Å². The Balaban J connectivity index is 2.27. The van der Waals surface area contributed by atoms with Crippen LogP contribution in [0.1, 0.15) is 26.7 Å². The Morgan fingerprint density at radius 3 is 2.25 bits per heavy atom. The molecule has 3 heteroatoms. The van der Waals surface area contributed by atoms with E-state index in [1.54, 1.807) is 0 Å². The molecule has 0 N–H and O–H groups in total. The molecule has 0 bridgehead atoms. The molecule has 1 aliphatic heterocycles. The number of rotatable bonds is 5. The van der Waals surface area contributed by atoms with Gasteiger partial charge in [-0.2, -0.15) is 12.6 Å². The van der Waals surface area contributed by atoms with E-state index in [0.29, 0.717) is 5.41 Å². The molecule has 1 saturated heterocycles. The van der Waals surface area contributed by atoms with Gasteiger partial charge in [-0.3, -0.25) is 0 Å². The van der Waals surface area contributed by atoms with Crippen molar-refractivity contribution in [3.63, 3.8) is 0 Å². The highest BCUT2D eigenvalue weighted by atomic mass is 32.1. The standard InChI is InChI=1S/C13H28N2S/c1-13(2,11-16)10-15-7-5-12(6-8-15)9-14(3)4/h12,16H,5-11H2,1-4H3. The van der Waals surface area contributed by atoms with Crippen LogP contribution >= 0.6 is 12.6 Å². The lowest BCUT2D eigenvalue weighted by Crippen LogP contribution is -2.42. The third kappa shape index (κ3) is 5.07. The van der Waals surface area contributed by atoms with E-state index in [-0.39, 0.29) is 0 Å². The summed E-state index contributed by atoms with van der Waals surface area (Å²) in [6.07, 6.45) is 2.72. The normalized spacial score (nSPS) is 20.6. The number of hydrogen-bond acceptors (Lipinski definition) is 3. The van der Waals surface area contributed by atoms with Crippen LogP contribution in [0.15, 0.2) is 0 Å². The van der Waals surface area contributed by atoms with Crippen molar-refractivity contribution in [3.05, 3.63) is 0 Å². The van der Waals surface area contributed by atoms with E-state index in [9.17, 15) is 0 Å². The summed E-state index contributed by atoms with van der Waals surface area (Å²) in [5.74, 6) is 1.88. The number of likely N-dealkylation sites (tertiary alicyclic amines) is 1. The van der Waals surface area contributed by atoms with E-state index < -0.39 is 0 Å². The molecule has 1 fully saturated rings. The first-order valence-electron chi connectivity index (χ1n) is 6.41. The minimum absolute atomic E-state index is 0.359. The summed E-state index contributed by atoms with van der Waals surface area (Å²) < 4.78 is 0. The van der Waals surface area contributed by atoms with Crippen LogP contribution in [0.5, 0.6) is 0 Å². The Hall–Kier alpha value is 0.270. The fraction of sp³-hybridized carbons (Fsp3) is 1.00. The summed E-state index contributed by atoms with van der Waals surface area (Å²) in [5, 5.41) is 0. The Kier molecular flexibility index (Phi) is 5.62. The lowest BCUT2D eigenvalue weighted by molar-refractivity contribution is 0.126. The zero-order chi connectivity index (χ0) is 12.2. The number of thiol groups is 1. The smallest absolute Gasteiger partial charge is 0.00405 e. The van der Waals surface area contributed by atoms with Gasteiger partial charge in [0.2, 0.25) is 0 Å². The Morgan fingerprint density at radius 2 is 1.81 bits per heavy atom. The van der Waals surface area contributed by atoms with Crippen LogP contribution in [0.4, 0.5) is 0 Å². The first-order chi connectivity index (χ1) is 7.43. The van der Waals surface area contributed by atoms with Crippen LogP contribution in [0, 0.1) is 11.3 Å². The fourth-order valence-electron chi connectivity index (χ4n) is 2.50. The van der Waals surface area contributed by atoms with Crippen molar-refractivity contribution in [2.75, 3.05) is 46.0 Å². The van der Waals surface area contributed by atoms with Gasteiger partial charge in [0.05, 0.1) is 0 Å². The number of hydrogen-bond donors (Lipinski definition) is 1. The van der Waals surface area contributed by atoms with Crippen LogP contribution in [-0.2, 0) is 0 Å². The van der Waals surface area contributed by atoms with E-state index in [2.05, 4.69) is 50.4 Å². The van der Waals surface area contributed by atoms with Crippen LogP contribution in [-0.4, -0.2) is 55.8 Å². The van der Waals surface area contributed by atoms with Gasteiger partial charge in [-0.05, 0) is 57.1 Å². The molecule has 0 spiro atoms. The maximum atomic E-state index is 4.43. The maximum Gasteiger partial charge on any atom is 0.00405 e. The third-order valence-corrected chi connectivity index (χ3v) is 4.27. The van der Waals surface area contributed by atoms with Crippen molar-refractivity contribution in [2.24, 2.45) is 11.3 Å². The predicted molar refractivity (Wildman–Crippen MR) is 75.4 cm³/mol. The largest absolute Gasteiger partial charge is 0.309 e. The monoisotopic (exact) mass is 244 g/mol. The lowest BCUT2D eigenvalue weighted by atomic mass is 9.91. The van der Waals surface area contributed by atoms with Gasteiger partial charge in [0.25, 0.3) is 0 Å². The SMILES string of the molecule is CN(C)CC1CCN(CC(C)(C)CS)CC1. The molecule has 0 saturated carbocycles. The van der Waals surface area contributed by atoms with Gasteiger partial charge in [-0.15, -0.1) is 0 Å². The average Bonchev–Trinajstić information content (AvgIpc) is 2.20. The van der Waals surface area contributed by atoms with Crippen molar-refractivity contribution in [3.8, 4) is 0 Å². The van der Waals surface area contributed by atoms with Crippen molar-refractivity contribution in [1.29, 1.82) is 0 Å². The highest BCUT2D eigenvalue weighted by Crippen LogP contribution is 2.23.